The van der Waals surface area contributed by atoms with Gasteiger partial charge in [-0.3, -0.25) is 9.69 Å². The molecule has 25 heavy (non-hydrogen) atoms. The molecule has 1 heterocycles. The molecule has 8 heteroatoms. The zero-order valence-electron chi connectivity index (χ0n) is 14.6. The summed E-state index contributed by atoms with van der Waals surface area (Å²) in [5, 5.41) is 18.9. The predicted molar refractivity (Wildman–Crippen MR) is 87.4 cm³/mol. The molecule has 1 aliphatic rings. The van der Waals surface area contributed by atoms with E-state index in [4.69, 9.17) is 0 Å². The maximum absolute atomic E-state index is 14.3. The molecule has 2 rings (SSSR count). The SMILES string of the molecule is CC(O)c1cc(F)c(N2CCC(N(C(=O)O)C(C)(C)C)C2=O)c(F)c1. The second-order valence-electron chi connectivity index (χ2n) is 7.13. The molecule has 0 radical (unpaired) electrons. The van der Waals surface area contributed by atoms with Gasteiger partial charge in [-0.15, -0.1) is 0 Å². The molecular weight excluding hydrogens is 334 g/mol. The highest BCUT2D eigenvalue weighted by atomic mass is 19.1. The van der Waals surface area contributed by atoms with Gasteiger partial charge in [-0.2, -0.15) is 0 Å². The van der Waals surface area contributed by atoms with Crippen LogP contribution >= 0.6 is 0 Å². The summed E-state index contributed by atoms with van der Waals surface area (Å²) in [7, 11) is 0. The minimum Gasteiger partial charge on any atom is -0.465 e. The van der Waals surface area contributed by atoms with E-state index >= 15 is 0 Å². The Labute approximate surface area is 144 Å². The van der Waals surface area contributed by atoms with Gasteiger partial charge < -0.3 is 15.1 Å². The van der Waals surface area contributed by atoms with Gasteiger partial charge in [-0.25, -0.2) is 13.6 Å². The van der Waals surface area contributed by atoms with Crippen LogP contribution in [0.3, 0.4) is 0 Å². The number of nitrogens with zero attached hydrogens (tertiary/aromatic N) is 2. The van der Waals surface area contributed by atoms with Gasteiger partial charge in [0, 0.05) is 12.1 Å². The molecule has 1 aliphatic heterocycles. The van der Waals surface area contributed by atoms with Gasteiger partial charge in [0.15, 0.2) is 0 Å². The summed E-state index contributed by atoms with van der Waals surface area (Å²) < 4.78 is 28.7. The number of aliphatic hydroxyl groups is 1. The third-order valence-corrected chi connectivity index (χ3v) is 4.21. The lowest BCUT2D eigenvalue weighted by atomic mass is 10.0. The zero-order chi connectivity index (χ0) is 19.1. The van der Waals surface area contributed by atoms with E-state index in [-0.39, 0.29) is 18.5 Å². The number of anilines is 1. The minimum absolute atomic E-state index is 0.00518. The number of hydrogen-bond acceptors (Lipinski definition) is 3. The summed E-state index contributed by atoms with van der Waals surface area (Å²) in [6, 6.07) is 0.943. The summed E-state index contributed by atoms with van der Waals surface area (Å²) in [6.07, 6.45) is -2.18. The predicted octanol–water partition coefficient (Wildman–Crippen LogP) is 2.90. The van der Waals surface area contributed by atoms with Gasteiger partial charge in [-0.1, -0.05) is 0 Å². The molecule has 138 valence electrons. The van der Waals surface area contributed by atoms with E-state index in [0.29, 0.717) is 0 Å². The second kappa shape index (κ2) is 6.59. The second-order valence-corrected chi connectivity index (χ2v) is 7.13. The average Bonchev–Trinajstić information content (AvgIpc) is 2.78. The van der Waals surface area contributed by atoms with E-state index in [1.54, 1.807) is 20.8 Å². The molecule has 0 spiro atoms. The fraction of sp³-hybridized carbons (Fsp3) is 0.529. The number of hydrogen-bond donors (Lipinski definition) is 2. The first kappa shape index (κ1) is 19.1. The van der Waals surface area contributed by atoms with Gasteiger partial charge in [0.1, 0.15) is 23.4 Å². The Balaban J connectivity index is 2.39. The molecular formula is C17H22F2N2O4. The van der Waals surface area contributed by atoms with Crippen molar-refractivity contribution in [3.05, 3.63) is 29.3 Å². The van der Waals surface area contributed by atoms with Crippen molar-refractivity contribution in [3.63, 3.8) is 0 Å². The van der Waals surface area contributed by atoms with Gasteiger partial charge in [-0.05, 0) is 51.8 Å². The van der Waals surface area contributed by atoms with Crippen LogP contribution in [-0.4, -0.2) is 45.2 Å². The Morgan fingerprint density at radius 1 is 1.32 bits per heavy atom. The number of halogens is 2. The quantitative estimate of drug-likeness (QED) is 0.873. The van der Waals surface area contributed by atoms with Crippen LogP contribution in [0, 0.1) is 11.6 Å². The molecule has 1 fully saturated rings. The Bertz CT molecular complexity index is 677. The molecule has 2 atom stereocenters. The van der Waals surface area contributed by atoms with E-state index < -0.39 is 47.0 Å². The maximum atomic E-state index is 14.3. The smallest absolute Gasteiger partial charge is 0.408 e. The van der Waals surface area contributed by atoms with Crippen LogP contribution in [-0.2, 0) is 4.79 Å². The molecule has 0 saturated carbocycles. The lowest BCUT2D eigenvalue weighted by molar-refractivity contribution is -0.122. The Morgan fingerprint density at radius 2 is 1.84 bits per heavy atom. The fourth-order valence-corrected chi connectivity index (χ4v) is 3.10. The average molecular weight is 356 g/mol. The molecule has 0 bridgehead atoms. The lowest BCUT2D eigenvalue weighted by Gasteiger charge is -2.36. The van der Waals surface area contributed by atoms with Crippen LogP contribution in [0.25, 0.3) is 0 Å². The Hall–Kier alpha value is -2.22. The van der Waals surface area contributed by atoms with Gasteiger partial charge in [0.05, 0.1) is 6.10 Å². The van der Waals surface area contributed by atoms with E-state index in [1.807, 2.05) is 0 Å². The van der Waals surface area contributed by atoms with Crippen molar-refractivity contribution in [3.8, 4) is 0 Å². The first-order valence-corrected chi connectivity index (χ1v) is 7.95. The molecule has 1 saturated heterocycles. The molecule has 2 unspecified atom stereocenters. The zero-order valence-corrected chi connectivity index (χ0v) is 14.6. The lowest BCUT2D eigenvalue weighted by Crippen LogP contribution is -2.54. The monoisotopic (exact) mass is 356 g/mol. The summed E-state index contributed by atoms with van der Waals surface area (Å²) in [4.78, 5) is 26.2. The van der Waals surface area contributed by atoms with Crippen molar-refractivity contribution in [2.45, 2.75) is 51.8 Å². The highest BCUT2D eigenvalue weighted by Gasteiger charge is 2.44. The van der Waals surface area contributed by atoms with Crippen molar-refractivity contribution in [2.24, 2.45) is 0 Å². The number of carboxylic acid groups (broad SMARTS) is 1. The molecule has 6 nitrogen and oxygen atoms in total. The summed E-state index contributed by atoms with van der Waals surface area (Å²) in [5.74, 6) is -2.61. The molecule has 1 aromatic carbocycles. The highest BCUT2D eigenvalue weighted by Crippen LogP contribution is 2.33. The molecule has 1 aromatic rings. The van der Waals surface area contributed by atoms with Gasteiger partial charge in [0.2, 0.25) is 5.91 Å². The fourth-order valence-electron chi connectivity index (χ4n) is 3.10. The third kappa shape index (κ3) is 3.58. The Morgan fingerprint density at radius 3 is 2.24 bits per heavy atom. The highest BCUT2D eigenvalue weighted by molar-refractivity contribution is 6.01. The van der Waals surface area contributed by atoms with Crippen LogP contribution in [0.5, 0.6) is 0 Å². The number of rotatable bonds is 3. The number of carbonyl (C=O) groups is 2. The molecule has 2 N–H and O–H groups in total. The normalized spacial score (nSPS) is 19.2. The first-order chi connectivity index (χ1) is 11.4. The summed E-state index contributed by atoms with van der Waals surface area (Å²) in [5.41, 5.74) is -1.30. The van der Waals surface area contributed by atoms with Gasteiger partial charge in [0.25, 0.3) is 0 Å². The van der Waals surface area contributed by atoms with E-state index in [2.05, 4.69) is 0 Å². The largest absolute Gasteiger partial charge is 0.465 e. The number of carbonyl (C=O) groups excluding carboxylic acids is 1. The van der Waals surface area contributed by atoms with Crippen LogP contribution in [0.1, 0.15) is 45.8 Å². The van der Waals surface area contributed by atoms with Crippen LogP contribution in [0.2, 0.25) is 0 Å². The Kier molecular flexibility index (Phi) is 5.04. The number of benzene rings is 1. The van der Waals surface area contributed by atoms with E-state index in [0.717, 1.165) is 21.9 Å². The standard InChI is InChI=1S/C17H22F2N2O4/c1-9(22)10-7-11(18)14(12(19)8-10)20-6-5-13(15(20)23)21(16(24)25)17(2,3)4/h7-9,13,22H,5-6H2,1-4H3,(H,24,25). The van der Waals surface area contributed by atoms with Crippen LogP contribution < -0.4 is 4.90 Å². The van der Waals surface area contributed by atoms with Crippen molar-refractivity contribution in [2.75, 3.05) is 11.4 Å². The van der Waals surface area contributed by atoms with Crippen molar-refractivity contribution in [1.29, 1.82) is 0 Å². The van der Waals surface area contributed by atoms with Crippen LogP contribution in [0.4, 0.5) is 19.3 Å². The van der Waals surface area contributed by atoms with E-state index in [1.165, 1.54) is 6.92 Å². The minimum atomic E-state index is -1.27. The summed E-state index contributed by atoms with van der Waals surface area (Å²) >= 11 is 0. The number of aliphatic hydroxyl groups excluding tert-OH is 1. The first-order valence-electron chi connectivity index (χ1n) is 7.95. The topological polar surface area (TPSA) is 81.1 Å². The molecule has 0 aliphatic carbocycles. The van der Waals surface area contributed by atoms with Gasteiger partial charge >= 0.3 is 6.09 Å². The maximum Gasteiger partial charge on any atom is 0.408 e. The van der Waals surface area contributed by atoms with Crippen molar-refractivity contribution < 1.29 is 28.6 Å². The van der Waals surface area contributed by atoms with Crippen LogP contribution in [0.15, 0.2) is 12.1 Å². The van der Waals surface area contributed by atoms with Crippen molar-refractivity contribution in [1.82, 2.24) is 4.90 Å². The van der Waals surface area contributed by atoms with E-state index in [9.17, 15) is 28.6 Å². The van der Waals surface area contributed by atoms with Crippen molar-refractivity contribution >= 4 is 17.7 Å². The third-order valence-electron chi connectivity index (χ3n) is 4.21. The summed E-state index contributed by atoms with van der Waals surface area (Å²) in [6.45, 7) is 6.32. The molecule has 0 aromatic heterocycles. The molecule has 2 amide bonds. The number of amides is 2.